The minimum Gasteiger partial charge on any atom is -0.350 e. The summed E-state index contributed by atoms with van der Waals surface area (Å²) in [6, 6.07) is 19.1. The van der Waals surface area contributed by atoms with Gasteiger partial charge in [0.1, 0.15) is 10.7 Å². The van der Waals surface area contributed by atoms with E-state index in [1.165, 1.54) is 23.5 Å². The van der Waals surface area contributed by atoms with Crippen molar-refractivity contribution in [3.63, 3.8) is 0 Å². The predicted molar refractivity (Wildman–Crippen MR) is 138 cm³/mol. The van der Waals surface area contributed by atoms with Gasteiger partial charge in [0.25, 0.3) is 5.91 Å². The van der Waals surface area contributed by atoms with Gasteiger partial charge in [-0.1, -0.05) is 54.1 Å². The molecule has 0 saturated carbocycles. The number of benzene rings is 2. The van der Waals surface area contributed by atoms with Crippen molar-refractivity contribution >= 4 is 17.2 Å². The summed E-state index contributed by atoms with van der Waals surface area (Å²) < 4.78 is 39.7. The van der Waals surface area contributed by atoms with Gasteiger partial charge in [-0.2, -0.15) is 13.2 Å². The molecule has 2 aromatic carbocycles. The molecule has 0 bridgehead atoms. The first kappa shape index (κ1) is 26.5. The van der Waals surface area contributed by atoms with Crippen molar-refractivity contribution in [1.29, 1.82) is 0 Å². The summed E-state index contributed by atoms with van der Waals surface area (Å²) >= 11 is 1.36. The van der Waals surface area contributed by atoms with Gasteiger partial charge in [0.15, 0.2) is 0 Å². The Morgan fingerprint density at radius 1 is 0.973 bits per heavy atom. The maximum atomic E-state index is 13.2. The largest absolute Gasteiger partial charge is 0.416 e. The molecule has 2 aromatic heterocycles. The van der Waals surface area contributed by atoms with Gasteiger partial charge in [-0.15, -0.1) is 11.3 Å². The number of alkyl halides is 3. The number of aromatic nitrogens is 2. The first-order valence-electron chi connectivity index (χ1n) is 11.8. The fourth-order valence-corrected chi connectivity index (χ4v) is 4.66. The fourth-order valence-electron chi connectivity index (χ4n) is 3.84. The van der Waals surface area contributed by atoms with Crippen LogP contribution >= 0.6 is 11.3 Å². The average Bonchev–Trinajstić information content (AvgIpc) is 3.34. The number of thiazole rings is 1. The quantitative estimate of drug-likeness (QED) is 0.275. The molecule has 0 aliphatic rings. The molecule has 5 nitrogen and oxygen atoms in total. The van der Waals surface area contributed by atoms with Crippen LogP contribution in [0.5, 0.6) is 0 Å². The Kier molecular flexibility index (Phi) is 8.68. The minimum absolute atomic E-state index is 0.263. The van der Waals surface area contributed by atoms with E-state index in [9.17, 15) is 18.0 Å². The highest BCUT2D eigenvalue weighted by atomic mass is 32.1. The van der Waals surface area contributed by atoms with Gasteiger partial charge in [-0.25, -0.2) is 4.98 Å². The smallest absolute Gasteiger partial charge is 0.350 e. The van der Waals surface area contributed by atoms with Gasteiger partial charge in [-0.05, 0) is 36.2 Å². The van der Waals surface area contributed by atoms with Crippen LogP contribution < -0.4 is 5.32 Å². The lowest BCUT2D eigenvalue weighted by Crippen LogP contribution is -2.26. The number of amides is 1. The number of hydrogen-bond donors (Lipinski definition) is 1. The summed E-state index contributed by atoms with van der Waals surface area (Å²) in [5.41, 5.74) is 3.29. The molecular weight excluding hydrogens is 497 g/mol. The summed E-state index contributed by atoms with van der Waals surface area (Å²) in [7, 11) is 0. The summed E-state index contributed by atoms with van der Waals surface area (Å²) in [5, 5.41) is 5.29. The van der Waals surface area contributed by atoms with E-state index >= 15 is 0 Å². The third-order valence-electron chi connectivity index (χ3n) is 5.72. The second kappa shape index (κ2) is 12.1. The number of carbonyl (C=O) groups is 1. The third kappa shape index (κ3) is 7.96. The van der Waals surface area contributed by atoms with Gasteiger partial charge < -0.3 is 5.32 Å². The van der Waals surface area contributed by atoms with Crippen LogP contribution in [0, 0.1) is 6.92 Å². The Bertz CT molecular complexity index is 1310. The molecule has 0 spiro atoms. The molecule has 0 aliphatic heterocycles. The number of halogens is 3. The summed E-state index contributed by atoms with van der Waals surface area (Å²) in [5.74, 6) is -0.263. The molecule has 9 heteroatoms. The molecule has 0 radical (unpaired) electrons. The lowest BCUT2D eigenvalue weighted by Gasteiger charge is -2.22. The van der Waals surface area contributed by atoms with Crippen LogP contribution in [0.4, 0.5) is 13.2 Å². The molecule has 37 heavy (non-hydrogen) atoms. The summed E-state index contributed by atoms with van der Waals surface area (Å²) in [6.45, 7) is 3.68. The molecular formula is C28H27F3N4OS. The molecule has 192 valence electrons. The molecule has 2 heterocycles. The molecule has 1 amide bonds. The lowest BCUT2D eigenvalue weighted by molar-refractivity contribution is -0.137. The second-order valence-corrected chi connectivity index (χ2v) is 9.73. The average molecular weight is 525 g/mol. The van der Waals surface area contributed by atoms with Crippen LogP contribution in [-0.4, -0.2) is 27.3 Å². The Hall–Kier alpha value is -3.56. The van der Waals surface area contributed by atoms with E-state index in [-0.39, 0.29) is 5.91 Å². The van der Waals surface area contributed by atoms with Gasteiger partial charge in [-0.3, -0.25) is 14.7 Å². The van der Waals surface area contributed by atoms with Gasteiger partial charge in [0, 0.05) is 43.3 Å². The molecule has 4 aromatic rings. The minimum atomic E-state index is -4.40. The zero-order chi connectivity index (χ0) is 26.3. The number of pyridine rings is 1. The topological polar surface area (TPSA) is 58.1 Å². The maximum Gasteiger partial charge on any atom is 0.416 e. The Morgan fingerprint density at radius 2 is 1.76 bits per heavy atom. The lowest BCUT2D eigenvalue weighted by atomic mass is 10.1. The second-order valence-electron chi connectivity index (χ2n) is 8.78. The SMILES string of the molecule is Cc1ccc(CN(Cc2cccc(C(F)(F)F)c2)Cc2nc(C(=O)NCCc3ccccn3)cs2)cc1. The van der Waals surface area contributed by atoms with Crippen molar-refractivity contribution in [2.24, 2.45) is 0 Å². The molecule has 1 N–H and O–H groups in total. The van der Waals surface area contributed by atoms with Crippen LogP contribution in [0.3, 0.4) is 0 Å². The maximum absolute atomic E-state index is 13.2. The van der Waals surface area contributed by atoms with Crippen molar-refractivity contribution in [2.75, 3.05) is 6.54 Å². The standard InChI is InChI=1S/C28H27F3N4OS/c1-20-8-10-21(11-9-20)16-35(17-22-5-4-6-23(15-22)28(29,30)31)18-26-34-25(19-37-26)27(36)33-14-12-24-7-2-3-13-32-24/h2-11,13,15,19H,12,14,16-18H2,1H3,(H,33,36). The van der Waals surface area contributed by atoms with E-state index in [0.717, 1.165) is 22.9 Å². The number of aryl methyl sites for hydroxylation is 1. The summed E-state index contributed by atoms with van der Waals surface area (Å²) in [6.07, 6.45) is -2.07. The van der Waals surface area contributed by atoms with Crippen LogP contribution in [0.25, 0.3) is 0 Å². The van der Waals surface area contributed by atoms with Crippen molar-refractivity contribution in [2.45, 2.75) is 39.2 Å². The Morgan fingerprint density at radius 3 is 2.49 bits per heavy atom. The number of carbonyl (C=O) groups excluding carboxylic acids is 1. The molecule has 0 unspecified atom stereocenters. The first-order chi connectivity index (χ1) is 17.8. The monoisotopic (exact) mass is 524 g/mol. The predicted octanol–water partition coefficient (Wildman–Crippen LogP) is 6.04. The van der Waals surface area contributed by atoms with Crippen molar-refractivity contribution in [1.82, 2.24) is 20.2 Å². The number of nitrogens with one attached hydrogen (secondary N) is 1. The highest BCUT2D eigenvalue weighted by Gasteiger charge is 2.30. The molecule has 0 atom stereocenters. The van der Waals surface area contributed by atoms with Gasteiger partial charge in [0.05, 0.1) is 12.1 Å². The molecule has 0 saturated heterocycles. The van der Waals surface area contributed by atoms with Crippen molar-refractivity contribution < 1.29 is 18.0 Å². The first-order valence-corrected chi connectivity index (χ1v) is 12.7. The molecule has 0 aliphatic carbocycles. The van der Waals surface area contributed by atoms with E-state index < -0.39 is 11.7 Å². The molecule has 4 rings (SSSR count). The van der Waals surface area contributed by atoms with Crippen LogP contribution in [0.15, 0.2) is 78.3 Å². The summed E-state index contributed by atoms with van der Waals surface area (Å²) in [4.78, 5) is 23.3. The molecule has 0 fully saturated rings. The van der Waals surface area contributed by atoms with E-state index in [0.29, 0.717) is 48.9 Å². The van der Waals surface area contributed by atoms with Crippen molar-refractivity contribution in [3.05, 3.63) is 117 Å². The zero-order valence-corrected chi connectivity index (χ0v) is 21.1. The van der Waals surface area contributed by atoms with Crippen LogP contribution in [0.1, 0.15) is 43.4 Å². The van der Waals surface area contributed by atoms with Crippen LogP contribution in [0.2, 0.25) is 0 Å². The number of hydrogen-bond acceptors (Lipinski definition) is 5. The van der Waals surface area contributed by atoms with Crippen LogP contribution in [-0.2, 0) is 32.2 Å². The Balaban J connectivity index is 1.44. The van der Waals surface area contributed by atoms with Gasteiger partial charge in [0.2, 0.25) is 0 Å². The normalized spacial score (nSPS) is 11.6. The van der Waals surface area contributed by atoms with E-state index in [1.54, 1.807) is 17.6 Å². The van der Waals surface area contributed by atoms with E-state index in [1.807, 2.05) is 54.3 Å². The van der Waals surface area contributed by atoms with Gasteiger partial charge >= 0.3 is 6.18 Å². The highest BCUT2D eigenvalue weighted by Crippen LogP contribution is 2.30. The fraction of sp³-hybridized carbons (Fsp3) is 0.250. The highest BCUT2D eigenvalue weighted by molar-refractivity contribution is 7.09. The number of rotatable bonds is 10. The Labute approximate surface area is 218 Å². The van der Waals surface area contributed by atoms with E-state index in [2.05, 4.69) is 15.3 Å². The zero-order valence-electron chi connectivity index (χ0n) is 20.3. The third-order valence-corrected chi connectivity index (χ3v) is 6.56. The number of nitrogens with zero attached hydrogens (tertiary/aromatic N) is 3. The van der Waals surface area contributed by atoms with Crippen molar-refractivity contribution in [3.8, 4) is 0 Å². The van der Waals surface area contributed by atoms with E-state index in [4.69, 9.17) is 0 Å².